The average molecular weight is 343 g/mol. The fourth-order valence-electron chi connectivity index (χ4n) is 1.57. The van der Waals surface area contributed by atoms with Crippen LogP contribution in [0.3, 0.4) is 0 Å². The topological polar surface area (TPSA) is 29.1 Å². The Kier molecular flexibility index (Phi) is 4.56. The maximum atomic E-state index is 13.4. The van der Waals surface area contributed by atoms with E-state index in [4.69, 9.17) is 11.6 Å². The Morgan fingerprint density at radius 3 is 2.74 bits per heavy atom. The van der Waals surface area contributed by atoms with Crippen LogP contribution in [-0.4, -0.2) is 5.91 Å². The molecule has 0 spiro atoms. The van der Waals surface area contributed by atoms with Gasteiger partial charge in [-0.25, -0.2) is 4.39 Å². The van der Waals surface area contributed by atoms with E-state index in [0.29, 0.717) is 16.0 Å². The summed E-state index contributed by atoms with van der Waals surface area (Å²) in [5, 5.41) is 2.70. The lowest BCUT2D eigenvalue weighted by Crippen LogP contribution is -2.12. The first-order valence-corrected chi connectivity index (χ1v) is 6.84. The predicted octanol–water partition coefficient (Wildman–Crippen LogP) is 4.58. The molecule has 0 saturated carbocycles. The number of rotatable bonds is 3. The maximum absolute atomic E-state index is 13.4. The standard InChI is InChI=1S/C14H10BrClFNO/c15-12-5-4-10(7-13(12)17)14(19)18-11-3-1-2-9(6-11)8-16/h1-7H,8H2,(H,18,19). The van der Waals surface area contributed by atoms with Gasteiger partial charge in [0.05, 0.1) is 4.47 Å². The first kappa shape index (κ1) is 14.0. The van der Waals surface area contributed by atoms with Crippen LogP contribution in [0.2, 0.25) is 0 Å². The Morgan fingerprint density at radius 1 is 1.26 bits per heavy atom. The van der Waals surface area contributed by atoms with Crippen molar-refractivity contribution in [3.05, 3.63) is 63.9 Å². The molecule has 2 aromatic rings. The summed E-state index contributed by atoms with van der Waals surface area (Å²) < 4.78 is 13.7. The zero-order valence-corrected chi connectivity index (χ0v) is 12.1. The lowest BCUT2D eigenvalue weighted by molar-refractivity contribution is 0.102. The van der Waals surface area contributed by atoms with Crippen LogP contribution >= 0.6 is 27.5 Å². The maximum Gasteiger partial charge on any atom is 0.255 e. The monoisotopic (exact) mass is 341 g/mol. The molecular formula is C14H10BrClFNO. The molecule has 0 radical (unpaired) electrons. The molecule has 5 heteroatoms. The van der Waals surface area contributed by atoms with E-state index >= 15 is 0 Å². The fraction of sp³-hybridized carbons (Fsp3) is 0.0714. The summed E-state index contributed by atoms with van der Waals surface area (Å²) in [5.41, 5.74) is 1.80. The van der Waals surface area contributed by atoms with Gasteiger partial charge in [-0.3, -0.25) is 4.79 Å². The molecule has 0 bridgehead atoms. The van der Waals surface area contributed by atoms with E-state index < -0.39 is 5.82 Å². The molecule has 1 amide bonds. The zero-order chi connectivity index (χ0) is 13.8. The molecule has 2 nitrogen and oxygen atoms in total. The molecule has 0 heterocycles. The summed E-state index contributed by atoms with van der Waals surface area (Å²) in [6.45, 7) is 0. The molecule has 0 unspecified atom stereocenters. The van der Waals surface area contributed by atoms with E-state index in [1.807, 2.05) is 6.07 Å². The van der Waals surface area contributed by atoms with Gasteiger partial charge in [0.25, 0.3) is 5.91 Å². The second-order valence-electron chi connectivity index (χ2n) is 3.92. The quantitative estimate of drug-likeness (QED) is 0.813. The zero-order valence-electron chi connectivity index (χ0n) is 9.79. The molecule has 0 saturated heterocycles. The van der Waals surface area contributed by atoms with Crippen molar-refractivity contribution in [3.63, 3.8) is 0 Å². The molecule has 0 aliphatic carbocycles. The van der Waals surface area contributed by atoms with Crippen molar-refractivity contribution in [3.8, 4) is 0 Å². The number of nitrogens with one attached hydrogen (secondary N) is 1. The van der Waals surface area contributed by atoms with Crippen LogP contribution in [0.15, 0.2) is 46.9 Å². The normalized spacial score (nSPS) is 10.3. The van der Waals surface area contributed by atoms with E-state index in [1.165, 1.54) is 12.1 Å². The highest BCUT2D eigenvalue weighted by molar-refractivity contribution is 9.10. The van der Waals surface area contributed by atoms with Crippen molar-refractivity contribution in [2.75, 3.05) is 5.32 Å². The second-order valence-corrected chi connectivity index (χ2v) is 5.04. The Balaban J connectivity index is 2.18. The number of alkyl halides is 1. The number of benzene rings is 2. The molecule has 0 fully saturated rings. The van der Waals surface area contributed by atoms with Crippen LogP contribution in [-0.2, 0) is 5.88 Å². The summed E-state index contributed by atoms with van der Waals surface area (Å²) in [4.78, 5) is 12.0. The van der Waals surface area contributed by atoms with Gasteiger partial charge >= 0.3 is 0 Å². The van der Waals surface area contributed by atoms with Crippen LogP contribution < -0.4 is 5.32 Å². The molecule has 0 aliphatic rings. The van der Waals surface area contributed by atoms with Crippen molar-refractivity contribution >= 4 is 39.1 Å². The number of halogens is 3. The number of hydrogen-bond donors (Lipinski definition) is 1. The first-order chi connectivity index (χ1) is 9.10. The summed E-state index contributed by atoms with van der Waals surface area (Å²) >= 11 is 8.77. The van der Waals surface area contributed by atoms with Crippen molar-refractivity contribution in [1.29, 1.82) is 0 Å². The van der Waals surface area contributed by atoms with Gasteiger partial charge in [0, 0.05) is 17.1 Å². The Morgan fingerprint density at radius 2 is 2.05 bits per heavy atom. The largest absolute Gasteiger partial charge is 0.322 e. The van der Waals surface area contributed by atoms with E-state index in [0.717, 1.165) is 5.56 Å². The van der Waals surface area contributed by atoms with E-state index in [1.54, 1.807) is 24.3 Å². The predicted molar refractivity (Wildman–Crippen MR) is 78.1 cm³/mol. The Bertz CT molecular complexity index is 618. The Labute approximate surface area is 123 Å². The highest BCUT2D eigenvalue weighted by Gasteiger charge is 2.09. The van der Waals surface area contributed by atoms with Crippen molar-refractivity contribution in [2.45, 2.75) is 5.88 Å². The Hall–Kier alpha value is -1.39. The van der Waals surface area contributed by atoms with Gasteiger partial charge < -0.3 is 5.32 Å². The summed E-state index contributed by atoms with van der Waals surface area (Å²) in [5.74, 6) is -0.461. The second kappa shape index (κ2) is 6.17. The molecule has 0 atom stereocenters. The summed E-state index contributed by atoms with van der Waals surface area (Å²) in [7, 11) is 0. The van der Waals surface area contributed by atoms with Crippen LogP contribution in [0, 0.1) is 5.82 Å². The summed E-state index contributed by atoms with van der Waals surface area (Å²) in [6.07, 6.45) is 0. The third kappa shape index (κ3) is 3.55. The highest BCUT2D eigenvalue weighted by atomic mass is 79.9. The first-order valence-electron chi connectivity index (χ1n) is 5.51. The molecule has 2 aromatic carbocycles. The van der Waals surface area contributed by atoms with Gasteiger partial charge in [-0.1, -0.05) is 12.1 Å². The minimum absolute atomic E-state index is 0.261. The van der Waals surface area contributed by atoms with Crippen LogP contribution in [0.4, 0.5) is 10.1 Å². The highest BCUT2D eigenvalue weighted by Crippen LogP contribution is 2.18. The lowest BCUT2D eigenvalue weighted by atomic mass is 10.2. The fourth-order valence-corrected chi connectivity index (χ4v) is 1.99. The van der Waals surface area contributed by atoms with Crippen LogP contribution in [0.25, 0.3) is 0 Å². The van der Waals surface area contributed by atoms with Crippen molar-refractivity contribution < 1.29 is 9.18 Å². The number of amides is 1. The SMILES string of the molecule is O=C(Nc1cccc(CCl)c1)c1ccc(Br)c(F)c1. The van der Waals surface area contributed by atoms with Gasteiger partial charge in [-0.05, 0) is 51.8 Å². The number of anilines is 1. The van der Waals surface area contributed by atoms with Gasteiger partial charge in [0.2, 0.25) is 0 Å². The molecule has 1 N–H and O–H groups in total. The van der Waals surface area contributed by atoms with Crippen LogP contribution in [0.1, 0.15) is 15.9 Å². The third-order valence-corrected chi connectivity index (χ3v) is 3.47. The molecule has 98 valence electrons. The molecular weight excluding hydrogens is 333 g/mol. The van der Waals surface area contributed by atoms with Gasteiger partial charge in [0.15, 0.2) is 0 Å². The number of carbonyl (C=O) groups excluding carboxylic acids is 1. The van der Waals surface area contributed by atoms with Crippen LogP contribution in [0.5, 0.6) is 0 Å². The van der Waals surface area contributed by atoms with Gasteiger partial charge in [-0.2, -0.15) is 0 Å². The smallest absolute Gasteiger partial charge is 0.255 e. The van der Waals surface area contributed by atoms with Crippen molar-refractivity contribution in [2.24, 2.45) is 0 Å². The number of hydrogen-bond acceptors (Lipinski definition) is 1. The van der Waals surface area contributed by atoms with Gasteiger partial charge in [-0.15, -0.1) is 11.6 Å². The minimum atomic E-state index is -0.470. The molecule has 0 aromatic heterocycles. The molecule has 2 rings (SSSR count). The van der Waals surface area contributed by atoms with Gasteiger partial charge in [0.1, 0.15) is 5.82 Å². The average Bonchev–Trinajstić information content (AvgIpc) is 2.42. The van der Waals surface area contributed by atoms with E-state index in [-0.39, 0.29) is 11.5 Å². The third-order valence-electron chi connectivity index (χ3n) is 2.52. The molecule has 19 heavy (non-hydrogen) atoms. The van der Waals surface area contributed by atoms with E-state index in [9.17, 15) is 9.18 Å². The lowest BCUT2D eigenvalue weighted by Gasteiger charge is -2.07. The van der Waals surface area contributed by atoms with E-state index in [2.05, 4.69) is 21.2 Å². The minimum Gasteiger partial charge on any atom is -0.322 e. The number of carbonyl (C=O) groups is 1. The molecule has 0 aliphatic heterocycles. The van der Waals surface area contributed by atoms with Crippen molar-refractivity contribution in [1.82, 2.24) is 0 Å². The summed E-state index contributed by atoms with van der Waals surface area (Å²) in [6, 6.07) is 11.4.